The summed E-state index contributed by atoms with van der Waals surface area (Å²) in [6, 6.07) is 6.89. The van der Waals surface area contributed by atoms with Gasteiger partial charge in [0.15, 0.2) is 0 Å². The van der Waals surface area contributed by atoms with Gasteiger partial charge in [-0.2, -0.15) is 0 Å². The van der Waals surface area contributed by atoms with E-state index in [-0.39, 0.29) is 0 Å². The molecule has 86 valence electrons. The minimum Gasteiger partial charge on any atom is -0.398 e. The lowest BCUT2D eigenvalue weighted by Crippen LogP contribution is -2.39. The van der Waals surface area contributed by atoms with Crippen molar-refractivity contribution in [3.05, 3.63) is 29.3 Å². The molecule has 3 rings (SSSR count). The van der Waals surface area contributed by atoms with E-state index in [0.29, 0.717) is 6.04 Å². The minimum absolute atomic E-state index is 0.620. The van der Waals surface area contributed by atoms with Gasteiger partial charge in [-0.1, -0.05) is 12.1 Å². The number of nitrogens with two attached hydrogens (primary N) is 1. The predicted molar refractivity (Wildman–Crippen MR) is 64.2 cm³/mol. The normalized spacial score (nSPS) is 25.6. The molecular formula is C13H18N2O. The Bertz CT molecular complexity index is 386. The maximum atomic E-state index is 6.00. The Kier molecular flexibility index (Phi) is 2.58. The maximum absolute atomic E-state index is 6.00. The Balaban J connectivity index is 1.80. The van der Waals surface area contributed by atoms with Crippen molar-refractivity contribution < 1.29 is 4.74 Å². The zero-order valence-electron chi connectivity index (χ0n) is 9.48. The second-order valence-corrected chi connectivity index (χ2v) is 4.72. The molecule has 2 N–H and O–H groups in total. The molecule has 1 fully saturated rings. The number of benzene rings is 1. The van der Waals surface area contributed by atoms with Crippen LogP contribution in [0.4, 0.5) is 5.69 Å². The van der Waals surface area contributed by atoms with E-state index >= 15 is 0 Å². The summed E-state index contributed by atoms with van der Waals surface area (Å²) < 4.78 is 5.46. The van der Waals surface area contributed by atoms with E-state index in [1.807, 2.05) is 6.07 Å². The molecule has 0 bridgehead atoms. The van der Waals surface area contributed by atoms with Gasteiger partial charge in [0.2, 0.25) is 0 Å². The molecule has 3 heteroatoms. The van der Waals surface area contributed by atoms with Crippen LogP contribution < -0.4 is 5.73 Å². The van der Waals surface area contributed by atoms with Crippen LogP contribution in [0.25, 0.3) is 0 Å². The fourth-order valence-corrected chi connectivity index (χ4v) is 2.78. The molecule has 0 aliphatic carbocycles. The number of anilines is 1. The molecule has 16 heavy (non-hydrogen) atoms. The van der Waals surface area contributed by atoms with E-state index < -0.39 is 0 Å². The van der Waals surface area contributed by atoms with Crippen LogP contribution >= 0.6 is 0 Å². The maximum Gasteiger partial charge on any atom is 0.0622 e. The summed E-state index contributed by atoms with van der Waals surface area (Å²) in [5.74, 6) is 0. The summed E-state index contributed by atoms with van der Waals surface area (Å²) in [5, 5.41) is 0. The summed E-state index contributed by atoms with van der Waals surface area (Å²) in [7, 11) is 0. The van der Waals surface area contributed by atoms with Crippen LogP contribution in [0, 0.1) is 0 Å². The van der Waals surface area contributed by atoms with Crippen LogP contribution in [0.3, 0.4) is 0 Å². The smallest absolute Gasteiger partial charge is 0.0622 e. The van der Waals surface area contributed by atoms with Crippen molar-refractivity contribution in [3.63, 3.8) is 0 Å². The van der Waals surface area contributed by atoms with Gasteiger partial charge in [0, 0.05) is 31.4 Å². The van der Waals surface area contributed by atoms with E-state index in [2.05, 4.69) is 17.0 Å². The van der Waals surface area contributed by atoms with Crippen molar-refractivity contribution in [2.24, 2.45) is 0 Å². The molecule has 1 unspecified atom stereocenters. The molecule has 0 saturated carbocycles. The van der Waals surface area contributed by atoms with Crippen molar-refractivity contribution in [1.82, 2.24) is 4.90 Å². The van der Waals surface area contributed by atoms with Crippen molar-refractivity contribution in [2.45, 2.75) is 25.4 Å². The van der Waals surface area contributed by atoms with Gasteiger partial charge in [0.05, 0.1) is 6.61 Å². The highest BCUT2D eigenvalue weighted by molar-refractivity contribution is 5.51. The first-order valence-electron chi connectivity index (χ1n) is 6.02. The van der Waals surface area contributed by atoms with Crippen molar-refractivity contribution >= 4 is 5.69 Å². The first-order valence-corrected chi connectivity index (χ1v) is 6.02. The quantitative estimate of drug-likeness (QED) is 0.724. The lowest BCUT2D eigenvalue weighted by atomic mass is 9.97. The summed E-state index contributed by atoms with van der Waals surface area (Å²) in [4.78, 5) is 2.54. The molecule has 2 aliphatic heterocycles. The summed E-state index contributed by atoms with van der Waals surface area (Å²) in [5.41, 5.74) is 9.72. The zero-order valence-corrected chi connectivity index (χ0v) is 9.48. The lowest BCUT2D eigenvalue weighted by molar-refractivity contribution is 0.135. The van der Waals surface area contributed by atoms with Gasteiger partial charge in [-0.15, -0.1) is 0 Å². The number of nitrogen functional groups attached to an aromatic ring is 1. The van der Waals surface area contributed by atoms with Crippen molar-refractivity contribution in [2.75, 3.05) is 25.5 Å². The molecule has 2 heterocycles. The monoisotopic (exact) mass is 218 g/mol. The number of nitrogens with zero attached hydrogens (tertiary/aromatic N) is 1. The number of hydrogen-bond acceptors (Lipinski definition) is 3. The Morgan fingerprint density at radius 2 is 2.31 bits per heavy atom. The van der Waals surface area contributed by atoms with E-state index in [0.717, 1.165) is 38.4 Å². The molecule has 3 nitrogen and oxygen atoms in total. The van der Waals surface area contributed by atoms with Crippen LogP contribution in [0.5, 0.6) is 0 Å². The summed E-state index contributed by atoms with van der Waals surface area (Å²) in [6.45, 7) is 3.98. The van der Waals surface area contributed by atoms with Crippen molar-refractivity contribution in [1.29, 1.82) is 0 Å². The largest absolute Gasteiger partial charge is 0.398 e. The predicted octanol–water partition coefficient (Wildman–Crippen LogP) is 1.42. The van der Waals surface area contributed by atoms with E-state index in [4.69, 9.17) is 10.5 Å². The second kappa shape index (κ2) is 4.07. The van der Waals surface area contributed by atoms with Crippen LogP contribution in [0.2, 0.25) is 0 Å². The molecule has 2 aliphatic rings. The van der Waals surface area contributed by atoms with Crippen LogP contribution in [0.15, 0.2) is 18.2 Å². The minimum atomic E-state index is 0.620. The number of ether oxygens (including phenoxy) is 1. The average Bonchev–Trinajstić information content (AvgIpc) is 2.82. The fraction of sp³-hybridized carbons (Fsp3) is 0.538. The fourth-order valence-electron chi connectivity index (χ4n) is 2.78. The third-order valence-electron chi connectivity index (χ3n) is 3.75. The van der Waals surface area contributed by atoms with Gasteiger partial charge in [0.1, 0.15) is 0 Å². The van der Waals surface area contributed by atoms with Gasteiger partial charge >= 0.3 is 0 Å². The molecule has 0 amide bonds. The first kappa shape index (κ1) is 10.1. The SMILES string of the molecule is Nc1cccc2c1CCN(C1CCOC1)C2. The van der Waals surface area contributed by atoms with Gasteiger partial charge in [-0.3, -0.25) is 4.90 Å². The van der Waals surface area contributed by atoms with E-state index in [1.165, 1.54) is 17.5 Å². The van der Waals surface area contributed by atoms with Crippen LogP contribution in [0.1, 0.15) is 17.5 Å². The molecular weight excluding hydrogens is 200 g/mol. The average molecular weight is 218 g/mol. The molecule has 0 radical (unpaired) electrons. The Morgan fingerprint density at radius 1 is 1.38 bits per heavy atom. The third kappa shape index (κ3) is 1.70. The molecule has 1 saturated heterocycles. The molecule has 0 aromatic heterocycles. The van der Waals surface area contributed by atoms with E-state index in [9.17, 15) is 0 Å². The lowest BCUT2D eigenvalue weighted by Gasteiger charge is -2.33. The second-order valence-electron chi connectivity index (χ2n) is 4.72. The van der Waals surface area contributed by atoms with Gasteiger partial charge in [-0.05, 0) is 30.0 Å². The van der Waals surface area contributed by atoms with Crippen LogP contribution in [-0.4, -0.2) is 30.7 Å². The topological polar surface area (TPSA) is 38.5 Å². The third-order valence-corrected chi connectivity index (χ3v) is 3.75. The van der Waals surface area contributed by atoms with Crippen LogP contribution in [-0.2, 0) is 17.7 Å². The van der Waals surface area contributed by atoms with Gasteiger partial charge < -0.3 is 10.5 Å². The molecule has 1 aromatic carbocycles. The Morgan fingerprint density at radius 3 is 3.12 bits per heavy atom. The zero-order chi connectivity index (χ0) is 11.0. The standard InChI is InChI=1S/C13H18N2O/c14-13-3-1-2-10-8-15(6-4-12(10)13)11-5-7-16-9-11/h1-3,11H,4-9,14H2. The van der Waals surface area contributed by atoms with Gasteiger partial charge in [0.25, 0.3) is 0 Å². The van der Waals surface area contributed by atoms with Crippen molar-refractivity contribution in [3.8, 4) is 0 Å². The number of hydrogen-bond donors (Lipinski definition) is 1. The first-order chi connectivity index (χ1) is 7.84. The molecule has 0 spiro atoms. The molecule has 1 aromatic rings. The Labute approximate surface area is 96.2 Å². The Hall–Kier alpha value is -1.06. The molecule has 1 atom stereocenters. The highest BCUT2D eigenvalue weighted by atomic mass is 16.5. The summed E-state index contributed by atoms with van der Waals surface area (Å²) in [6.07, 6.45) is 2.26. The highest BCUT2D eigenvalue weighted by Crippen LogP contribution is 2.26. The highest BCUT2D eigenvalue weighted by Gasteiger charge is 2.26. The van der Waals surface area contributed by atoms with E-state index in [1.54, 1.807) is 0 Å². The number of rotatable bonds is 1. The van der Waals surface area contributed by atoms with Gasteiger partial charge in [-0.25, -0.2) is 0 Å². The number of fused-ring (bicyclic) bond motifs is 1. The summed E-state index contributed by atoms with van der Waals surface area (Å²) >= 11 is 0.